The topological polar surface area (TPSA) is 3.88 Å². The minimum atomic E-state index is 0.782. The number of benzene rings is 1. The Labute approximate surface area is 114 Å². The van der Waals surface area contributed by atoms with Gasteiger partial charge in [0.15, 0.2) is 12.4 Å². The molecule has 2 rings (SSSR count). The first-order valence-corrected chi connectivity index (χ1v) is 6.92. The molecule has 0 amide bonds. The van der Waals surface area contributed by atoms with Gasteiger partial charge in [0.2, 0.25) is 0 Å². The summed E-state index contributed by atoms with van der Waals surface area (Å²) in [6, 6.07) is 12.3. The summed E-state index contributed by atoms with van der Waals surface area (Å²) in [6.45, 7) is 3.34. The lowest BCUT2D eigenvalue weighted by atomic mass is 10.1. The second-order valence-electron chi connectivity index (χ2n) is 4.54. The number of halogens is 1. The van der Waals surface area contributed by atoms with Crippen LogP contribution in [-0.2, 0) is 6.54 Å². The molecule has 0 bridgehead atoms. The largest absolute Gasteiger partial charge is 0.205 e. The van der Waals surface area contributed by atoms with Crippen molar-refractivity contribution in [2.45, 2.75) is 32.7 Å². The third-order valence-corrected chi connectivity index (χ3v) is 3.34. The van der Waals surface area contributed by atoms with Crippen LogP contribution < -0.4 is 4.57 Å². The second kappa shape index (κ2) is 6.55. The van der Waals surface area contributed by atoms with Crippen LogP contribution in [0, 0.1) is 0 Å². The predicted molar refractivity (Wildman–Crippen MR) is 76.6 cm³/mol. The Morgan fingerprint density at radius 1 is 0.889 bits per heavy atom. The quantitative estimate of drug-likeness (QED) is 0.551. The Balaban J connectivity index is 2.05. The molecule has 1 aromatic carbocycles. The minimum absolute atomic E-state index is 0.782. The zero-order chi connectivity index (χ0) is 12.8. The first kappa shape index (κ1) is 13.1. The third-order valence-electron chi connectivity index (χ3n) is 3.09. The maximum atomic E-state index is 5.89. The van der Waals surface area contributed by atoms with Crippen LogP contribution in [0.5, 0.6) is 0 Å². The zero-order valence-electron chi connectivity index (χ0n) is 10.8. The number of hydrogen-bond donors (Lipinski definition) is 0. The normalized spacial score (nSPS) is 10.6. The van der Waals surface area contributed by atoms with E-state index in [2.05, 4.69) is 48.1 Å². The van der Waals surface area contributed by atoms with Gasteiger partial charge in [-0.15, -0.1) is 0 Å². The van der Waals surface area contributed by atoms with E-state index in [4.69, 9.17) is 11.6 Å². The Kier molecular flexibility index (Phi) is 4.77. The summed E-state index contributed by atoms with van der Waals surface area (Å²) in [6.07, 6.45) is 8.12. The van der Waals surface area contributed by atoms with Crippen LogP contribution in [0.2, 0.25) is 5.02 Å². The zero-order valence-corrected chi connectivity index (χ0v) is 11.5. The number of aryl methyl sites for hydroxylation is 1. The van der Waals surface area contributed by atoms with E-state index in [9.17, 15) is 0 Å². The highest BCUT2D eigenvalue weighted by Crippen LogP contribution is 2.20. The highest BCUT2D eigenvalue weighted by molar-refractivity contribution is 6.30. The molecule has 0 fully saturated rings. The maximum Gasteiger partial charge on any atom is 0.169 e. The predicted octanol–water partition coefficient (Wildman–Crippen LogP) is 4.48. The van der Waals surface area contributed by atoms with Gasteiger partial charge in [0, 0.05) is 23.6 Å². The first-order valence-electron chi connectivity index (χ1n) is 6.54. The van der Waals surface area contributed by atoms with E-state index >= 15 is 0 Å². The Morgan fingerprint density at radius 3 is 2.11 bits per heavy atom. The molecule has 1 heterocycles. The lowest BCUT2D eigenvalue weighted by molar-refractivity contribution is -0.697. The molecule has 0 atom stereocenters. The van der Waals surface area contributed by atoms with Crippen LogP contribution in [0.3, 0.4) is 0 Å². The molecule has 0 aliphatic rings. The van der Waals surface area contributed by atoms with Crippen molar-refractivity contribution in [3.63, 3.8) is 0 Å². The van der Waals surface area contributed by atoms with Crippen molar-refractivity contribution < 1.29 is 4.57 Å². The maximum absolute atomic E-state index is 5.89. The van der Waals surface area contributed by atoms with Gasteiger partial charge >= 0.3 is 0 Å². The van der Waals surface area contributed by atoms with E-state index in [1.54, 1.807) is 0 Å². The van der Waals surface area contributed by atoms with Crippen LogP contribution in [0.4, 0.5) is 0 Å². The molecule has 0 spiro atoms. The summed E-state index contributed by atoms with van der Waals surface area (Å²) in [5.74, 6) is 0. The van der Waals surface area contributed by atoms with Gasteiger partial charge in [0.05, 0.1) is 0 Å². The standard InChI is InChI=1S/C16H19ClN/c1-2-3-4-11-18-12-9-15(10-13-18)14-5-7-16(17)8-6-14/h5-10,12-13H,2-4,11H2,1H3/q+1. The number of aromatic nitrogens is 1. The van der Waals surface area contributed by atoms with E-state index in [0.717, 1.165) is 11.6 Å². The molecule has 94 valence electrons. The van der Waals surface area contributed by atoms with Gasteiger partial charge in [0.25, 0.3) is 0 Å². The highest BCUT2D eigenvalue weighted by atomic mass is 35.5. The third kappa shape index (κ3) is 3.58. The molecular weight excluding hydrogens is 242 g/mol. The summed E-state index contributed by atoms with van der Waals surface area (Å²) >= 11 is 5.89. The van der Waals surface area contributed by atoms with E-state index in [1.165, 1.54) is 30.4 Å². The number of rotatable bonds is 5. The number of nitrogens with zero attached hydrogens (tertiary/aromatic N) is 1. The molecule has 0 saturated heterocycles. The fraction of sp³-hybridized carbons (Fsp3) is 0.312. The lowest BCUT2D eigenvalue weighted by Crippen LogP contribution is -2.32. The molecule has 2 heteroatoms. The Hall–Kier alpha value is -1.34. The lowest BCUT2D eigenvalue weighted by Gasteiger charge is -2.01. The van der Waals surface area contributed by atoms with Crippen molar-refractivity contribution in [1.29, 1.82) is 0 Å². The summed E-state index contributed by atoms with van der Waals surface area (Å²) in [4.78, 5) is 0. The molecule has 1 aromatic heterocycles. The smallest absolute Gasteiger partial charge is 0.169 e. The van der Waals surface area contributed by atoms with Gasteiger partial charge < -0.3 is 0 Å². The molecule has 0 unspecified atom stereocenters. The van der Waals surface area contributed by atoms with Crippen molar-refractivity contribution in [1.82, 2.24) is 0 Å². The molecule has 0 aliphatic heterocycles. The summed E-state index contributed by atoms with van der Waals surface area (Å²) in [7, 11) is 0. The minimum Gasteiger partial charge on any atom is -0.205 e. The SMILES string of the molecule is CCCCC[n+]1ccc(-c2ccc(Cl)cc2)cc1. The fourth-order valence-electron chi connectivity index (χ4n) is 1.99. The van der Waals surface area contributed by atoms with Gasteiger partial charge in [-0.05, 0) is 29.7 Å². The van der Waals surface area contributed by atoms with Crippen LogP contribution >= 0.6 is 11.6 Å². The van der Waals surface area contributed by atoms with Crippen LogP contribution in [0.15, 0.2) is 48.8 Å². The monoisotopic (exact) mass is 260 g/mol. The van der Waals surface area contributed by atoms with Crippen molar-refractivity contribution in [3.05, 3.63) is 53.8 Å². The van der Waals surface area contributed by atoms with E-state index in [0.29, 0.717) is 0 Å². The van der Waals surface area contributed by atoms with Crippen molar-refractivity contribution in [3.8, 4) is 11.1 Å². The highest BCUT2D eigenvalue weighted by Gasteiger charge is 2.02. The number of unbranched alkanes of at least 4 members (excludes halogenated alkanes) is 2. The number of hydrogen-bond acceptors (Lipinski definition) is 0. The molecule has 18 heavy (non-hydrogen) atoms. The first-order chi connectivity index (χ1) is 8.79. The Morgan fingerprint density at radius 2 is 1.50 bits per heavy atom. The van der Waals surface area contributed by atoms with Gasteiger partial charge in [-0.25, -0.2) is 4.57 Å². The average Bonchev–Trinajstić information content (AvgIpc) is 2.41. The average molecular weight is 261 g/mol. The van der Waals surface area contributed by atoms with E-state index < -0.39 is 0 Å². The molecule has 2 aromatic rings. The van der Waals surface area contributed by atoms with Crippen LogP contribution in [-0.4, -0.2) is 0 Å². The van der Waals surface area contributed by atoms with Crippen molar-refractivity contribution >= 4 is 11.6 Å². The molecule has 1 nitrogen and oxygen atoms in total. The molecule has 0 radical (unpaired) electrons. The van der Waals surface area contributed by atoms with Crippen LogP contribution in [0.1, 0.15) is 26.2 Å². The summed E-state index contributed by atoms with van der Waals surface area (Å²) in [5.41, 5.74) is 2.44. The Bertz CT molecular complexity index is 473. The van der Waals surface area contributed by atoms with E-state index in [1.807, 2.05) is 12.1 Å². The summed E-state index contributed by atoms with van der Waals surface area (Å²) < 4.78 is 2.25. The van der Waals surface area contributed by atoms with Gasteiger partial charge in [0.1, 0.15) is 6.54 Å². The second-order valence-corrected chi connectivity index (χ2v) is 4.98. The van der Waals surface area contributed by atoms with Gasteiger partial charge in [-0.2, -0.15) is 0 Å². The molecule has 0 saturated carbocycles. The van der Waals surface area contributed by atoms with Crippen molar-refractivity contribution in [2.75, 3.05) is 0 Å². The van der Waals surface area contributed by atoms with Gasteiger partial charge in [-0.1, -0.05) is 37.1 Å². The summed E-state index contributed by atoms with van der Waals surface area (Å²) in [5, 5.41) is 0.782. The molecule has 0 aliphatic carbocycles. The van der Waals surface area contributed by atoms with Crippen molar-refractivity contribution in [2.24, 2.45) is 0 Å². The van der Waals surface area contributed by atoms with Gasteiger partial charge in [-0.3, -0.25) is 0 Å². The van der Waals surface area contributed by atoms with E-state index in [-0.39, 0.29) is 0 Å². The number of pyridine rings is 1. The van der Waals surface area contributed by atoms with Crippen LogP contribution in [0.25, 0.3) is 11.1 Å². The fourth-order valence-corrected chi connectivity index (χ4v) is 2.11. The molecule has 0 N–H and O–H groups in total. The molecular formula is C16H19ClN+.